The van der Waals surface area contributed by atoms with Gasteiger partial charge in [-0.1, -0.05) is 238 Å². The van der Waals surface area contributed by atoms with Gasteiger partial charge in [0, 0.05) is 19.3 Å². The number of unbranched alkanes of at least 4 members (excludes halogenated alkanes) is 20. The number of hydrogen-bond acceptors (Lipinski definition) is 6. The average Bonchev–Trinajstić information content (AvgIpc) is 3.40. The highest BCUT2D eigenvalue weighted by Crippen LogP contribution is 2.13. The first-order valence-electron chi connectivity index (χ1n) is 30.2. The van der Waals surface area contributed by atoms with Crippen molar-refractivity contribution in [2.24, 2.45) is 0 Å². The Labute approximate surface area is 455 Å². The highest BCUT2D eigenvalue weighted by Gasteiger charge is 2.19. The van der Waals surface area contributed by atoms with E-state index in [2.05, 4.69) is 154 Å². The molecule has 0 aliphatic heterocycles. The summed E-state index contributed by atoms with van der Waals surface area (Å²) in [5.41, 5.74) is 0. The topological polar surface area (TPSA) is 78.9 Å². The lowest BCUT2D eigenvalue weighted by atomic mass is 10.1. The molecule has 418 valence electrons. The highest BCUT2D eigenvalue weighted by molar-refractivity contribution is 5.71. The molecule has 0 saturated heterocycles. The minimum Gasteiger partial charge on any atom is -0.462 e. The van der Waals surface area contributed by atoms with Crippen LogP contribution in [-0.2, 0) is 28.6 Å². The molecule has 0 radical (unpaired) electrons. The fraction of sp³-hybridized carbons (Fsp3) is 0.632. The van der Waals surface area contributed by atoms with Crippen molar-refractivity contribution >= 4 is 17.9 Å². The van der Waals surface area contributed by atoms with E-state index >= 15 is 0 Å². The quantitative estimate of drug-likeness (QED) is 0.0261. The van der Waals surface area contributed by atoms with Crippen LogP contribution in [0.15, 0.2) is 134 Å². The van der Waals surface area contributed by atoms with Gasteiger partial charge in [-0.05, 0) is 135 Å². The van der Waals surface area contributed by atoms with Crippen LogP contribution in [0.25, 0.3) is 0 Å². The molecule has 74 heavy (non-hydrogen) atoms. The third kappa shape index (κ3) is 58.4. The molecule has 0 spiro atoms. The molecule has 1 unspecified atom stereocenters. The van der Waals surface area contributed by atoms with Crippen molar-refractivity contribution < 1.29 is 28.6 Å². The molecule has 0 aromatic rings. The van der Waals surface area contributed by atoms with Gasteiger partial charge < -0.3 is 14.2 Å². The fourth-order valence-electron chi connectivity index (χ4n) is 7.84. The van der Waals surface area contributed by atoms with E-state index in [1.165, 1.54) is 38.5 Å². The van der Waals surface area contributed by atoms with Crippen LogP contribution in [-0.4, -0.2) is 37.2 Å². The third-order valence-corrected chi connectivity index (χ3v) is 12.3. The summed E-state index contributed by atoms with van der Waals surface area (Å²) in [6.07, 6.45) is 85.8. The second-order valence-electron chi connectivity index (χ2n) is 19.5. The number of rotatable bonds is 53. The van der Waals surface area contributed by atoms with Gasteiger partial charge in [-0.2, -0.15) is 0 Å². The molecular weight excluding hydrogens is 913 g/mol. The summed E-state index contributed by atoms with van der Waals surface area (Å²) in [5, 5.41) is 0. The second-order valence-corrected chi connectivity index (χ2v) is 19.5. The van der Waals surface area contributed by atoms with Gasteiger partial charge in [0.1, 0.15) is 13.2 Å². The molecule has 0 fully saturated rings. The first-order chi connectivity index (χ1) is 36.5. The monoisotopic (exact) mass is 1020 g/mol. The van der Waals surface area contributed by atoms with Crippen LogP contribution < -0.4 is 0 Å². The van der Waals surface area contributed by atoms with Gasteiger partial charge in [0.05, 0.1) is 0 Å². The summed E-state index contributed by atoms with van der Waals surface area (Å²) >= 11 is 0. The van der Waals surface area contributed by atoms with E-state index in [9.17, 15) is 14.4 Å². The predicted molar refractivity (Wildman–Crippen MR) is 320 cm³/mol. The summed E-state index contributed by atoms with van der Waals surface area (Å²) in [6.45, 7) is 6.40. The minimum atomic E-state index is -0.805. The standard InChI is InChI=1S/C68H110O6/c1-4-7-10-13-16-19-22-25-27-29-30-31-32-33-34-35-36-37-38-39-41-43-46-49-52-55-58-61-67(70)73-64-65(63-72-66(69)60-57-54-51-48-45-42-24-21-18-15-12-9-6-3)74-68(71)62-59-56-53-50-47-44-40-28-26-23-20-17-14-11-8-5-2/h7,10,12,15-16,19-21,23-25,27-28,30-31,33-34,36-37,39-41,65H,4-6,8-9,11,13-14,17-18,22,26,29,32,35,38,42-64H2,1-3H3/b10-7-,15-12-,19-16-,23-20-,24-21-,27-25-,31-30-,34-33-,37-36-,40-28-,41-39-. The molecule has 0 N–H and O–H groups in total. The maximum atomic E-state index is 12.9. The van der Waals surface area contributed by atoms with Crippen molar-refractivity contribution in [3.8, 4) is 0 Å². The van der Waals surface area contributed by atoms with Crippen molar-refractivity contribution in [3.05, 3.63) is 134 Å². The van der Waals surface area contributed by atoms with E-state index in [-0.39, 0.29) is 31.1 Å². The Bertz CT molecular complexity index is 1600. The Morgan fingerprint density at radius 1 is 0.284 bits per heavy atom. The van der Waals surface area contributed by atoms with Crippen molar-refractivity contribution in [2.75, 3.05) is 13.2 Å². The van der Waals surface area contributed by atoms with Crippen LogP contribution in [0, 0.1) is 0 Å². The minimum absolute atomic E-state index is 0.101. The maximum absolute atomic E-state index is 12.9. The summed E-state index contributed by atoms with van der Waals surface area (Å²) < 4.78 is 16.8. The molecule has 1 atom stereocenters. The van der Waals surface area contributed by atoms with E-state index in [4.69, 9.17) is 14.2 Å². The number of allylic oxidation sites excluding steroid dienone is 22. The van der Waals surface area contributed by atoms with Gasteiger partial charge in [-0.25, -0.2) is 0 Å². The smallest absolute Gasteiger partial charge is 0.306 e. The summed E-state index contributed by atoms with van der Waals surface area (Å²) in [6, 6.07) is 0. The Morgan fingerprint density at radius 3 is 0.878 bits per heavy atom. The van der Waals surface area contributed by atoms with Crippen molar-refractivity contribution in [2.45, 2.75) is 264 Å². The first kappa shape index (κ1) is 69.5. The zero-order chi connectivity index (χ0) is 53.6. The van der Waals surface area contributed by atoms with Gasteiger partial charge in [0.25, 0.3) is 0 Å². The molecule has 0 rings (SSSR count). The second kappa shape index (κ2) is 61.1. The van der Waals surface area contributed by atoms with Gasteiger partial charge in [0.2, 0.25) is 0 Å². The van der Waals surface area contributed by atoms with Crippen molar-refractivity contribution in [1.29, 1.82) is 0 Å². The molecule has 0 saturated carbocycles. The lowest BCUT2D eigenvalue weighted by molar-refractivity contribution is -0.167. The predicted octanol–water partition coefficient (Wildman–Crippen LogP) is 20.6. The number of carbonyl (C=O) groups is 3. The Balaban J connectivity index is 4.41. The van der Waals surface area contributed by atoms with Gasteiger partial charge in [-0.15, -0.1) is 0 Å². The molecule has 6 nitrogen and oxygen atoms in total. The molecule has 0 aromatic carbocycles. The molecule has 0 bridgehead atoms. The number of carbonyl (C=O) groups excluding carboxylic acids is 3. The van der Waals surface area contributed by atoms with E-state index in [1.807, 2.05) is 0 Å². The largest absolute Gasteiger partial charge is 0.462 e. The molecule has 0 aliphatic carbocycles. The lowest BCUT2D eigenvalue weighted by Crippen LogP contribution is -2.30. The zero-order valence-electron chi connectivity index (χ0n) is 47.8. The van der Waals surface area contributed by atoms with Gasteiger partial charge in [-0.3, -0.25) is 14.4 Å². The van der Waals surface area contributed by atoms with Crippen LogP contribution in [0.2, 0.25) is 0 Å². The maximum Gasteiger partial charge on any atom is 0.306 e. The van der Waals surface area contributed by atoms with Crippen molar-refractivity contribution in [3.63, 3.8) is 0 Å². The number of ether oxygens (including phenoxy) is 3. The average molecular weight is 1020 g/mol. The Hall–Kier alpha value is -4.45. The molecule has 0 aromatic heterocycles. The highest BCUT2D eigenvalue weighted by atomic mass is 16.6. The zero-order valence-corrected chi connectivity index (χ0v) is 47.8. The SMILES string of the molecule is CC/C=C\C/C=C\C/C=C\C/C=C\C/C=C\C/C=C\C/C=C\CCCCCCCC(=O)OCC(COC(=O)CCCCCCC/C=C\C/C=C\CCC)OC(=O)CCCCCCC/C=C\C/C=C\CCCCCC. The Morgan fingerprint density at radius 2 is 0.554 bits per heavy atom. The number of esters is 3. The van der Waals surface area contributed by atoms with Crippen LogP contribution >= 0.6 is 0 Å². The van der Waals surface area contributed by atoms with E-state index < -0.39 is 6.10 Å². The summed E-state index contributed by atoms with van der Waals surface area (Å²) in [5.74, 6) is -0.950. The number of hydrogen-bond donors (Lipinski definition) is 0. The summed E-state index contributed by atoms with van der Waals surface area (Å²) in [7, 11) is 0. The van der Waals surface area contributed by atoms with Gasteiger partial charge >= 0.3 is 17.9 Å². The molecular formula is C68H110O6. The molecule has 0 amide bonds. The lowest BCUT2D eigenvalue weighted by Gasteiger charge is -2.18. The first-order valence-corrected chi connectivity index (χ1v) is 30.2. The van der Waals surface area contributed by atoms with Crippen LogP contribution in [0.3, 0.4) is 0 Å². The van der Waals surface area contributed by atoms with E-state index in [0.717, 1.165) is 180 Å². The van der Waals surface area contributed by atoms with Crippen LogP contribution in [0.4, 0.5) is 0 Å². The van der Waals surface area contributed by atoms with E-state index in [0.29, 0.717) is 19.3 Å². The summed E-state index contributed by atoms with van der Waals surface area (Å²) in [4.78, 5) is 38.2. The van der Waals surface area contributed by atoms with E-state index in [1.54, 1.807) is 0 Å². The van der Waals surface area contributed by atoms with Gasteiger partial charge in [0.15, 0.2) is 6.10 Å². The third-order valence-electron chi connectivity index (χ3n) is 12.3. The molecule has 6 heteroatoms. The Kier molecular flexibility index (Phi) is 57.4. The van der Waals surface area contributed by atoms with Crippen LogP contribution in [0.1, 0.15) is 258 Å². The van der Waals surface area contributed by atoms with Crippen molar-refractivity contribution in [1.82, 2.24) is 0 Å². The fourth-order valence-corrected chi connectivity index (χ4v) is 7.84. The van der Waals surface area contributed by atoms with Crippen LogP contribution in [0.5, 0.6) is 0 Å². The molecule has 0 aliphatic rings. The molecule has 0 heterocycles. The normalized spacial score (nSPS) is 13.1.